The van der Waals surface area contributed by atoms with Crippen molar-refractivity contribution in [3.63, 3.8) is 0 Å². The minimum absolute atomic E-state index is 0.0163. The van der Waals surface area contributed by atoms with Crippen molar-refractivity contribution in [1.82, 2.24) is 4.90 Å². The minimum atomic E-state index is -0.335. The van der Waals surface area contributed by atoms with Crippen LogP contribution in [0, 0.1) is 22.0 Å². The SMILES string of the molecule is O=C(C1CCN(c2ccccc2[N+](=O)[O-])CC1)N1CCC(CCc2ccc(O)cc2)CC1. The zero-order chi connectivity index (χ0) is 22.5. The van der Waals surface area contributed by atoms with Crippen molar-refractivity contribution in [1.29, 1.82) is 0 Å². The topological polar surface area (TPSA) is 86.9 Å². The summed E-state index contributed by atoms with van der Waals surface area (Å²) in [6.07, 6.45) is 5.68. The number of hydrogen-bond acceptors (Lipinski definition) is 5. The quantitative estimate of drug-likeness (QED) is 0.535. The van der Waals surface area contributed by atoms with E-state index in [1.165, 1.54) is 5.56 Å². The van der Waals surface area contributed by atoms with Crippen LogP contribution in [0.3, 0.4) is 0 Å². The summed E-state index contributed by atoms with van der Waals surface area (Å²) in [5.74, 6) is 1.20. The highest BCUT2D eigenvalue weighted by Gasteiger charge is 2.32. The predicted octanol–water partition coefficient (Wildman–Crippen LogP) is 4.39. The molecule has 1 amide bonds. The summed E-state index contributed by atoms with van der Waals surface area (Å²) >= 11 is 0. The van der Waals surface area contributed by atoms with E-state index in [-0.39, 0.29) is 22.4 Å². The molecule has 0 saturated carbocycles. The van der Waals surface area contributed by atoms with Crippen LogP contribution in [0.1, 0.15) is 37.7 Å². The molecule has 0 atom stereocenters. The highest BCUT2D eigenvalue weighted by molar-refractivity contribution is 5.79. The fourth-order valence-corrected chi connectivity index (χ4v) is 4.99. The van der Waals surface area contributed by atoms with Gasteiger partial charge in [0.25, 0.3) is 5.69 Å². The molecular formula is C25H31N3O4. The molecule has 7 nitrogen and oxygen atoms in total. The third kappa shape index (κ3) is 5.21. The molecule has 4 rings (SSSR count). The van der Waals surface area contributed by atoms with Gasteiger partial charge in [-0.15, -0.1) is 0 Å². The van der Waals surface area contributed by atoms with Gasteiger partial charge in [-0.1, -0.05) is 24.3 Å². The molecule has 0 bridgehead atoms. The zero-order valence-electron chi connectivity index (χ0n) is 18.4. The van der Waals surface area contributed by atoms with E-state index in [9.17, 15) is 20.0 Å². The first-order chi connectivity index (χ1) is 15.5. The first-order valence-corrected chi connectivity index (χ1v) is 11.6. The Kier molecular flexibility index (Phi) is 6.93. The monoisotopic (exact) mass is 437 g/mol. The summed E-state index contributed by atoms with van der Waals surface area (Å²) in [5, 5.41) is 20.7. The number of likely N-dealkylation sites (tertiary alicyclic amines) is 1. The van der Waals surface area contributed by atoms with Crippen molar-refractivity contribution in [2.24, 2.45) is 11.8 Å². The molecule has 0 aromatic heterocycles. The van der Waals surface area contributed by atoms with Gasteiger partial charge in [0.05, 0.1) is 4.92 Å². The van der Waals surface area contributed by atoms with Crippen LogP contribution in [0.25, 0.3) is 0 Å². The number of phenols is 1. The third-order valence-electron chi connectivity index (χ3n) is 6.97. The number of aromatic hydroxyl groups is 1. The fourth-order valence-electron chi connectivity index (χ4n) is 4.99. The second-order valence-corrected chi connectivity index (χ2v) is 8.98. The van der Waals surface area contributed by atoms with Gasteiger partial charge in [-0.3, -0.25) is 14.9 Å². The molecule has 2 fully saturated rings. The average molecular weight is 438 g/mol. The van der Waals surface area contributed by atoms with Crippen molar-refractivity contribution < 1.29 is 14.8 Å². The van der Waals surface area contributed by atoms with Gasteiger partial charge >= 0.3 is 0 Å². The van der Waals surface area contributed by atoms with E-state index < -0.39 is 0 Å². The molecule has 2 aromatic carbocycles. The minimum Gasteiger partial charge on any atom is -0.508 e. The second kappa shape index (κ2) is 10.0. The maximum absolute atomic E-state index is 13.1. The molecule has 170 valence electrons. The van der Waals surface area contributed by atoms with Crippen LogP contribution in [0.2, 0.25) is 0 Å². The van der Waals surface area contributed by atoms with E-state index in [1.807, 2.05) is 28.0 Å². The zero-order valence-corrected chi connectivity index (χ0v) is 18.4. The highest BCUT2D eigenvalue weighted by Crippen LogP contribution is 2.32. The predicted molar refractivity (Wildman–Crippen MR) is 124 cm³/mol. The lowest BCUT2D eigenvalue weighted by molar-refractivity contribution is -0.384. The first-order valence-electron chi connectivity index (χ1n) is 11.6. The number of rotatable bonds is 6. The molecule has 2 aliphatic rings. The number of nitro groups is 1. The number of anilines is 1. The van der Waals surface area contributed by atoms with Crippen molar-refractivity contribution in [3.8, 4) is 5.75 Å². The normalized spacial score (nSPS) is 18.0. The van der Waals surface area contributed by atoms with Crippen LogP contribution in [0.15, 0.2) is 48.5 Å². The molecule has 2 aliphatic heterocycles. The third-order valence-corrected chi connectivity index (χ3v) is 6.97. The number of amides is 1. The molecule has 32 heavy (non-hydrogen) atoms. The maximum Gasteiger partial charge on any atom is 0.292 e. The van der Waals surface area contributed by atoms with E-state index in [2.05, 4.69) is 0 Å². The lowest BCUT2D eigenvalue weighted by atomic mass is 9.89. The van der Waals surface area contributed by atoms with Crippen LogP contribution in [-0.2, 0) is 11.2 Å². The number of piperidine rings is 2. The molecular weight excluding hydrogens is 406 g/mol. The fraction of sp³-hybridized carbons (Fsp3) is 0.480. The Morgan fingerprint density at radius 1 is 0.969 bits per heavy atom. The smallest absolute Gasteiger partial charge is 0.292 e. The van der Waals surface area contributed by atoms with E-state index in [4.69, 9.17) is 0 Å². The van der Waals surface area contributed by atoms with Gasteiger partial charge in [0.15, 0.2) is 0 Å². The maximum atomic E-state index is 13.1. The summed E-state index contributed by atoms with van der Waals surface area (Å²) < 4.78 is 0. The Morgan fingerprint density at radius 2 is 1.62 bits per heavy atom. The number of aryl methyl sites for hydroxylation is 1. The molecule has 1 N–H and O–H groups in total. The average Bonchev–Trinajstić information content (AvgIpc) is 2.84. The van der Waals surface area contributed by atoms with Crippen molar-refractivity contribution in [2.75, 3.05) is 31.1 Å². The lowest BCUT2D eigenvalue weighted by Gasteiger charge is -2.38. The number of carbonyl (C=O) groups excluding carboxylic acids is 1. The van der Waals surface area contributed by atoms with Gasteiger partial charge in [-0.25, -0.2) is 0 Å². The highest BCUT2D eigenvalue weighted by atomic mass is 16.6. The molecule has 0 spiro atoms. The molecule has 2 saturated heterocycles. The van der Waals surface area contributed by atoms with Gasteiger partial charge in [-0.05, 0) is 68.2 Å². The van der Waals surface area contributed by atoms with E-state index in [0.29, 0.717) is 30.4 Å². The van der Waals surface area contributed by atoms with Crippen molar-refractivity contribution in [3.05, 3.63) is 64.2 Å². The van der Waals surface area contributed by atoms with Crippen molar-refractivity contribution >= 4 is 17.3 Å². The second-order valence-electron chi connectivity index (χ2n) is 8.98. The molecule has 2 heterocycles. The summed E-state index contributed by atoms with van der Waals surface area (Å²) in [7, 11) is 0. The Labute approximate surface area is 188 Å². The van der Waals surface area contributed by atoms with Gasteiger partial charge in [0.2, 0.25) is 5.91 Å². The number of phenolic OH excluding ortho intramolecular Hbond substituents is 1. The molecule has 0 aliphatic carbocycles. The number of nitro benzene ring substituents is 1. The van der Waals surface area contributed by atoms with Gasteiger partial charge in [0, 0.05) is 38.2 Å². The van der Waals surface area contributed by atoms with Crippen LogP contribution < -0.4 is 4.90 Å². The number of benzene rings is 2. The van der Waals surface area contributed by atoms with Crippen LogP contribution in [0.4, 0.5) is 11.4 Å². The number of nitrogens with zero attached hydrogens (tertiary/aromatic N) is 3. The molecule has 7 heteroatoms. The Bertz CT molecular complexity index is 930. The number of hydrogen-bond donors (Lipinski definition) is 1. The Hall–Kier alpha value is -3.09. The molecule has 0 unspecified atom stereocenters. The van der Waals surface area contributed by atoms with E-state index in [0.717, 1.165) is 51.6 Å². The number of carbonyl (C=O) groups is 1. The van der Waals surface area contributed by atoms with Gasteiger partial charge in [-0.2, -0.15) is 0 Å². The van der Waals surface area contributed by atoms with Gasteiger partial charge in [0.1, 0.15) is 11.4 Å². The summed E-state index contributed by atoms with van der Waals surface area (Å²) in [6.45, 7) is 2.99. The summed E-state index contributed by atoms with van der Waals surface area (Å²) in [6, 6.07) is 14.3. The number of para-hydroxylation sites is 2. The van der Waals surface area contributed by atoms with Crippen LogP contribution >= 0.6 is 0 Å². The molecule has 2 aromatic rings. The lowest BCUT2D eigenvalue weighted by Crippen LogP contribution is -2.45. The van der Waals surface area contributed by atoms with E-state index in [1.54, 1.807) is 30.3 Å². The molecule has 0 radical (unpaired) electrons. The summed E-state index contributed by atoms with van der Waals surface area (Å²) in [5.41, 5.74) is 2.02. The Morgan fingerprint density at radius 3 is 2.28 bits per heavy atom. The summed E-state index contributed by atoms with van der Waals surface area (Å²) in [4.78, 5) is 28.1. The van der Waals surface area contributed by atoms with E-state index >= 15 is 0 Å². The van der Waals surface area contributed by atoms with Crippen molar-refractivity contribution in [2.45, 2.75) is 38.5 Å². The standard InChI is InChI=1S/C25H31N3O4/c29-22-9-7-19(8-10-22)5-6-20-11-15-27(16-12-20)25(30)21-13-17-26(18-14-21)23-3-1-2-4-24(23)28(31)32/h1-4,7-10,20-21,29H,5-6,11-18H2. The first kappa shape index (κ1) is 22.1. The Balaban J connectivity index is 1.23. The van der Waals surface area contributed by atoms with Crippen LogP contribution in [0.5, 0.6) is 5.75 Å². The largest absolute Gasteiger partial charge is 0.508 e. The van der Waals surface area contributed by atoms with Gasteiger partial charge < -0.3 is 14.9 Å². The van der Waals surface area contributed by atoms with Crippen LogP contribution in [-0.4, -0.2) is 47.0 Å².